The van der Waals surface area contributed by atoms with E-state index in [1.165, 1.54) is 15.9 Å². The number of aliphatic hydroxyl groups excluding tert-OH is 1. The molecule has 0 saturated heterocycles. The zero-order valence-corrected chi connectivity index (χ0v) is 10.7. The predicted molar refractivity (Wildman–Crippen MR) is 68.0 cm³/mol. The number of aromatic nitrogens is 4. The van der Waals surface area contributed by atoms with Gasteiger partial charge in [0.15, 0.2) is 5.82 Å². The number of hydrogen-bond donors (Lipinski definition) is 1. The maximum atomic E-state index is 9.44. The fraction of sp³-hybridized carbons (Fsp3) is 0.462. The van der Waals surface area contributed by atoms with E-state index in [0.717, 1.165) is 6.42 Å². The van der Waals surface area contributed by atoms with Gasteiger partial charge in [0, 0.05) is 13.0 Å². The SMILES string of the molecule is Cc1cccc(CC(CO)Cc2nnn(C)n2)c1. The molecule has 2 rings (SSSR count). The van der Waals surface area contributed by atoms with Crippen LogP contribution in [0.2, 0.25) is 0 Å². The van der Waals surface area contributed by atoms with Crippen LogP contribution in [0.5, 0.6) is 0 Å². The number of nitrogens with zero attached hydrogens (tertiary/aromatic N) is 4. The van der Waals surface area contributed by atoms with Gasteiger partial charge in [-0.15, -0.1) is 10.2 Å². The Hall–Kier alpha value is -1.75. The molecule has 0 fully saturated rings. The van der Waals surface area contributed by atoms with Crippen LogP contribution in [0, 0.1) is 12.8 Å². The molecule has 1 N–H and O–H groups in total. The molecule has 1 aromatic heterocycles. The average Bonchev–Trinajstić information content (AvgIpc) is 2.74. The first-order chi connectivity index (χ1) is 8.67. The normalized spacial score (nSPS) is 12.6. The summed E-state index contributed by atoms with van der Waals surface area (Å²) in [6.07, 6.45) is 1.48. The minimum atomic E-state index is 0.131. The van der Waals surface area contributed by atoms with Gasteiger partial charge >= 0.3 is 0 Å². The van der Waals surface area contributed by atoms with E-state index >= 15 is 0 Å². The van der Waals surface area contributed by atoms with Gasteiger partial charge in [0.1, 0.15) is 0 Å². The van der Waals surface area contributed by atoms with Crippen LogP contribution in [0.3, 0.4) is 0 Å². The molecular formula is C13H18N4O. The van der Waals surface area contributed by atoms with Crippen molar-refractivity contribution in [3.8, 4) is 0 Å². The first-order valence-corrected chi connectivity index (χ1v) is 6.06. The van der Waals surface area contributed by atoms with Crippen LogP contribution >= 0.6 is 0 Å². The molecule has 0 saturated carbocycles. The average molecular weight is 246 g/mol. The van der Waals surface area contributed by atoms with E-state index in [0.29, 0.717) is 12.2 Å². The van der Waals surface area contributed by atoms with E-state index in [1.807, 2.05) is 6.07 Å². The monoisotopic (exact) mass is 246 g/mol. The summed E-state index contributed by atoms with van der Waals surface area (Å²) in [4.78, 5) is 1.44. The lowest BCUT2D eigenvalue weighted by molar-refractivity contribution is 0.223. The zero-order chi connectivity index (χ0) is 13.0. The molecule has 0 aliphatic carbocycles. The second kappa shape index (κ2) is 5.73. The van der Waals surface area contributed by atoms with Crippen LogP contribution in [0.15, 0.2) is 24.3 Å². The lowest BCUT2D eigenvalue weighted by Gasteiger charge is -2.12. The summed E-state index contributed by atoms with van der Waals surface area (Å²) < 4.78 is 0. The Morgan fingerprint density at radius 2 is 2.17 bits per heavy atom. The molecule has 0 aliphatic heterocycles. The van der Waals surface area contributed by atoms with Gasteiger partial charge in [0.2, 0.25) is 0 Å². The molecule has 18 heavy (non-hydrogen) atoms. The van der Waals surface area contributed by atoms with Crippen LogP contribution in [-0.4, -0.2) is 31.9 Å². The van der Waals surface area contributed by atoms with Crippen molar-refractivity contribution in [3.05, 3.63) is 41.2 Å². The summed E-state index contributed by atoms with van der Waals surface area (Å²) in [5.41, 5.74) is 2.47. The van der Waals surface area contributed by atoms with Gasteiger partial charge < -0.3 is 5.11 Å². The molecule has 5 nitrogen and oxygen atoms in total. The highest BCUT2D eigenvalue weighted by Gasteiger charge is 2.13. The molecule has 1 atom stereocenters. The van der Waals surface area contributed by atoms with Crippen LogP contribution in [-0.2, 0) is 19.9 Å². The largest absolute Gasteiger partial charge is 0.396 e. The smallest absolute Gasteiger partial charge is 0.175 e. The molecule has 0 bridgehead atoms. The first kappa shape index (κ1) is 12.7. The summed E-state index contributed by atoms with van der Waals surface area (Å²) in [6, 6.07) is 8.34. The van der Waals surface area contributed by atoms with Crippen molar-refractivity contribution in [1.29, 1.82) is 0 Å². The predicted octanol–water partition coefficient (Wildman–Crippen LogP) is 0.912. The maximum absolute atomic E-state index is 9.44. The topological polar surface area (TPSA) is 63.8 Å². The second-order valence-electron chi connectivity index (χ2n) is 4.64. The molecule has 0 amide bonds. The summed E-state index contributed by atoms with van der Waals surface area (Å²) >= 11 is 0. The summed E-state index contributed by atoms with van der Waals surface area (Å²) in [5.74, 6) is 0.820. The molecule has 0 radical (unpaired) electrons. The van der Waals surface area contributed by atoms with E-state index in [2.05, 4.69) is 40.5 Å². The third-order valence-electron chi connectivity index (χ3n) is 2.89. The molecule has 96 valence electrons. The molecule has 1 unspecified atom stereocenters. The quantitative estimate of drug-likeness (QED) is 0.851. The van der Waals surface area contributed by atoms with Gasteiger partial charge in [-0.3, -0.25) is 0 Å². The van der Waals surface area contributed by atoms with Crippen LogP contribution in [0.25, 0.3) is 0 Å². The van der Waals surface area contributed by atoms with E-state index in [1.54, 1.807) is 7.05 Å². The highest BCUT2D eigenvalue weighted by atomic mass is 16.3. The van der Waals surface area contributed by atoms with Crippen molar-refractivity contribution in [2.24, 2.45) is 13.0 Å². The van der Waals surface area contributed by atoms with Crippen molar-refractivity contribution >= 4 is 0 Å². The fourth-order valence-corrected chi connectivity index (χ4v) is 2.04. The number of aryl methyl sites for hydroxylation is 2. The van der Waals surface area contributed by atoms with Gasteiger partial charge in [0.05, 0.1) is 7.05 Å². The lowest BCUT2D eigenvalue weighted by atomic mass is 9.96. The van der Waals surface area contributed by atoms with E-state index in [-0.39, 0.29) is 12.5 Å². The highest BCUT2D eigenvalue weighted by molar-refractivity contribution is 5.22. The molecule has 0 spiro atoms. The van der Waals surface area contributed by atoms with Crippen LogP contribution < -0.4 is 0 Å². The van der Waals surface area contributed by atoms with Crippen molar-refractivity contribution in [1.82, 2.24) is 20.2 Å². The third-order valence-corrected chi connectivity index (χ3v) is 2.89. The Labute approximate surface area is 106 Å². The molecule has 1 heterocycles. The van der Waals surface area contributed by atoms with Gasteiger partial charge in [0.25, 0.3) is 0 Å². The zero-order valence-electron chi connectivity index (χ0n) is 10.7. The van der Waals surface area contributed by atoms with Crippen molar-refractivity contribution < 1.29 is 5.11 Å². The van der Waals surface area contributed by atoms with Crippen LogP contribution in [0.1, 0.15) is 17.0 Å². The van der Waals surface area contributed by atoms with E-state index in [4.69, 9.17) is 0 Å². The molecule has 2 aromatic rings. The number of rotatable bonds is 5. The Kier molecular flexibility index (Phi) is 4.04. The third kappa shape index (κ3) is 3.37. The number of benzene rings is 1. The van der Waals surface area contributed by atoms with Gasteiger partial charge in [-0.25, -0.2) is 0 Å². The van der Waals surface area contributed by atoms with Crippen molar-refractivity contribution in [2.45, 2.75) is 19.8 Å². The lowest BCUT2D eigenvalue weighted by Crippen LogP contribution is -2.14. The molecule has 1 aromatic carbocycles. The standard InChI is InChI=1S/C13H18N4O/c1-10-4-3-5-11(6-10)7-12(9-18)8-13-14-16-17(2)15-13/h3-6,12,18H,7-9H2,1-2H3. The molecule has 5 heteroatoms. The molecular weight excluding hydrogens is 228 g/mol. The minimum Gasteiger partial charge on any atom is -0.396 e. The van der Waals surface area contributed by atoms with Gasteiger partial charge in [-0.05, 0) is 30.0 Å². The highest BCUT2D eigenvalue weighted by Crippen LogP contribution is 2.13. The summed E-state index contributed by atoms with van der Waals surface area (Å²) in [7, 11) is 1.74. The Morgan fingerprint density at radius 1 is 1.33 bits per heavy atom. The molecule has 0 aliphatic rings. The van der Waals surface area contributed by atoms with E-state index in [9.17, 15) is 5.11 Å². The fourth-order valence-electron chi connectivity index (χ4n) is 2.04. The number of hydrogen-bond acceptors (Lipinski definition) is 4. The number of aliphatic hydroxyl groups is 1. The van der Waals surface area contributed by atoms with E-state index < -0.39 is 0 Å². The Balaban J connectivity index is 2.01. The Morgan fingerprint density at radius 3 is 2.78 bits per heavy atom. The van der Waals surface area contributed by atoms with Gasteiger partial charge in [-0.2, -0.15) is 4.80 Å². The van der Waals surface area contributed by atoms with Crippen LogP contribution in [0.4, 0.5) is 0 Å². The minimum absolute atomic E-state index is 0.131. The second-order valence-corrected chi connectivity index (χ2v) is 4.64. The summed E-state index contributed by atoms with van der Waals surface area (Å²) in [5, 5.41) is 21.3. The number of tetrazole rings is 1. The Bertz CT molecular complexity index is 509. The first-order valence-electron chi connectivity index (χ1n) is 6.06. The van der Waals surface area contributed by atoms with Crippen molar-refractivity contribution in [3.63, 3.8) is 0 Å². The van der Waals surface area contributed by atoms with Gasteiger partial charge in [-0.1, -0.05) is 29.8 Å². The maximum Gasteiger partial charge on any atom is 0.175 e. The van der Waals surface area contributed by atoms with Crippen molar-refractivity contribution in [2.75, 3.05) is 6.61 Å². The summed E-state index contributed by atoms with van der Waals surface area (Å²) in [6.45, 7) is 2.20.